The van der Waals surface area contributed by atoms with Gasteiger partial charge in [0.2, 0.25) is 0 Å². The minimum absolute atomic E-state index is 0.247. The van der Waals surface area contributed by atoms with E-state index < -0.39 is 29.2 Å². The van der Waals surface area contributed by atoms with Crippen molar-refractivity contribution in [3.05, 3.63) is 34.1 Å². The summed E-state index contributed by atoms with van der Waals surface area (Å²) in [6.07, 6.45) is 2.73. The van der Waals surface area contributed by atoms with Crippen LogP contribution in [0.2, 0.25) is 0 Å². The van der Waals surface area contributed by atoms with Crippen molar-refractivity contribution in [3.63, 3.8) is 0 Å². The number of imide groups is 1. The molecule has 0 radical (unpaired) electrons. The molecule has 128 valence electrons. The van der Waals surface area contributed by atoms with Gasteiger partial charge in [-0.3, -0.25) is 15.0 Å². The molecular weight excluding hydrogens is 381 g/mol. The van der Waals surface area contributed by atoms with Crippen molar-refractivity contribution < 1.29 is 18.8 Å². The summed E-state index contributed by atoms with van der Waals surface area (Å²) in [5.74, 6) is -1.56. The van der Waals surface area contributed by atoms with Gasteiger partial charge in [0, 0.05) is 4.47 Å². The van der Waals surface area contributed by atoms with Crippen LogP contribution in [-0.4, -0.2) is 28.4 Å². The average molecular weight is 398 g/mol. The lowest BCUT2D eigenvalue weighted by atomic mass is 9.77. The molecule has 24 heavy (non-hydrogen) atoms. The summed E-state index contributed by atoms with van der Waals surface area (Å²) in [4.78, 5) is 37.0. The molecule has 0 atom stereocenters. The lowest BCUT2D eigenvalue weighted by Gasteiger charge is -2.33. The van der Waals surface area contributed by atoms with Gasteiger partial charge in [0.05, 0.1) is 5.56 Å². The number of nitrogens with zero attached hydrogens (tertiary/aromatic N) is 1. The molecule has 0 unspecified atom stereocenters. The van der Waals surface area contributed by atoms with E-state index in [1.807, 2.05) is 0 Å². The first-order valence-corrected chi connectivity index (χ1v) is 8.54. The highest BCUT2D eigenvalue weighted by atomic mass is 79.9. The number of amides is 4. The van der Waals surface area contributed by atoms with Crippen LogP contribution in [0.5, 0.6) is 0 Å². The number of hydrogen-bond donors (Lipinski definition) is 2. The van der Waals surface area contributed by atoms with Crippen molar-refractivity contribution in [1.29, 1.82) is 0 Å². The highest BCUT2D eigenvalue weighted by Gasteiger charge is 2.53. The van der Waals surface area contributed by atoms with E-state index in [0.29, 0.717) is 28.2 Å². The number of carbonyl (C=O) groups is 3. The zero-order chi connectivity index (χ0) is 17.5. The molecule has 3 rings (SSSR count). The average Bonchev–Trinajstić information content (AvgIpc) is 2.77. The van der Waals surface area contributed by atoms with E-state index in [1.165, 1.54) is 12.1 Å². The molecular formula is C16H17BrFN3O3. The largest absolute Gasteiger partial charge is 0.344 e. The van der Waals surface area contributed by atoms with Crippen molar-refractivity contribution in [3.8, 4) is 0 Å². The number of halogens is 2. The molecule has 2 fully saturated rings. The first kappa shape index (κ1) is 16.9. The normalized spacial score (nSPS) is 26.6. The van der Waals surface area contributed by atoms with E-state index in [4.69, 9.17) is 0 Å². The highest BCUT2D eigenvalue weighted by Crippen LogP contribution is 2.35. The summed E-state index contributed by atoms with van der Waals surface area (Å²) >= 11 is 3.16. The Kier molecular flexibility index (Phi) is 4.33. The first-order valence-electron chi connectivity index (χ1n) is 7.75. The number of urea groups is 1. The predicted octanol–water partition coefficient (Wildman–Crippen LogP) is 2.73. The standard InChI is InChI=1S/C16H17BrFN3O3/c1-9-4-6-16(7-5-9)14(23)21(15(24)19-16)20-13(22)11-8-10(17)2-3-12(11)18/h2-3,8-9H,4-7H2,1H3,(H,19,24)(H,20,22). The molecule has 1 saturated carbocycles. The van der Waals surface area contributed by atoms with Crippen LogP contribution in [0.4, 0.5) is 9.18 Å². The Morgan fingerprint density at radius 2 is 2.04 bits per heavy atom. The summed E-state index contributed by atoms with van der Waals surface area (Å²) in [7, 11) is 0. The van der Waals surface area contributed by atoms with Crippen LogP contribution in [0.25, 0.3) is 0 Å². The fraction of sp³-hybridized carbons (Fsp3) is 0.438. The molecule has 1 aromatic carbocycles. The Bertz CT molecular complexity index is 717. The van der Waals surface area contributed by atoms with Crippen molar-refractivity contribution in [2.24, 2.45) is 5.92 Å². The SMILES string of the molecule is CC1CCC2(CC1)NC(=O)N(NC(=O)c1cc(Br)ccc1F)C2=O. The number of hydrogen-bond acceptors (Lipinski definition) is 3. The van der Waals surface area contributed by atoms with E-state index in [1.54, 1.807) is 0 Å². The Hall–Kier alpha value is -1.96. The second-order valence-corrected chi connectivity index (χ2v) is 7.32. The number of rotatable bonds is 2. The van der Waals surface area contributed by atoms with E-state index in [9.17, 15) is 18.8 Å². The molecule has 8 heteroatoms. The smallest absolute Gasteiger partial charge is 0.322 e. The maximum atomic E-state index is 13.8. The second kappa shape index (κ2) is 6.16. The fourth-order valence-electron chi connectivity index (χ4n) is 3.15. The van der Waals surface area contributed by atoms with Gasteiger partial charge in [0.25, 0.3) is 11.8 Å². The molecule has 0 bridgehead atoms. The Morgan fingerprint density at radius 3 is 2.71 bits per heavy atom. The van der Waals surface area contributed by atoms with Crippen molar-refractivity contribution in [1.82, 2.24) is 15.8 Å². The summed E-state index contributed by atoms with van der Waals surface area (Å²) in [5.41, 5.74) is 1.02. The molecule has 0 aromatic heterocycles. The third kappa shape index (κ3) is 2.90. The zero-order valence-electron chi connectivity index (χ0n) is 13.1. The molecule has 2 aliphatic rings. The van der Waals surface area contributed by atoms with Crippen molar-refractivity contribution in [2.75, 3.05) is 0 Å². The summed E-state index contributed by atoms with van der Waals surface area (Å²) in [5, 5.41) is 3.36. The van der Waals surface area contributed by atoms with Crippen LogP contribution in [0.3, 0.4) is 0 Å². The highest BCUT2D eigenvalue weighted by molar-refractivity contribution is 9.10. The summed E-state index contributed by atoms with van der Waals surface area (Å²) < 4.78 is 14.3. The minimum Gasteiger partial charge on any atom is -0.322 e. The second-order valence-electron chi connectivity index (χ2n) is 6.40. The summed E-state index contributed by atoms with van der Waals surface area (Å²) in [6.45, 7) is 2.10. The van der Waals surface area contributed by atoms with Gasteiger partial charge in [-0.2, -0.15) is 5.01 Å². The minimum atomic E-state index is -0.952. The predicted molar refractivity (Wildman–Crippen MR) is 87.3 cm³/mol. The number of carbonyl (C=O) groups excluding carboxylic acids is 3. The molecule has 1 saturated heterocycles. The van der Waals surface area contributed by atoms with Gasteiger partial charge in [-0.05, 0) is 49.8 Å². The van der Waals surface area contributed by atoms with Gasteiger partial charge >= 0.3 is 6.03 Å². The van der Waals surface area contributed by atoms with Crippen LogP contribution in [0.15, 0.2) is 22.7 Å². The molecule has 1 aromatic rings. The third-order valence-corrected chi connectivity index (χ3v) is 5.17. The molecule has 1 spiro atoms. The Labute approximate surface area is 146 Å². The quantitative estimate of drug-likeness (QED) is 0.753. The van der Waals surface area contributed by atoms with E-state index in [2.05, 4.69) is 33.6 Å². The van der Waals surface area contributed by atoms with Crippen LogP contribution in [-0.2, 0) is 4.79 Å². The lowest BCUT2D eigenvalue weighted by Crippen LogP contribution is -2.51. The fourth-order valence-corrected chi connectivity index (χ4v) is 3.51. The number of benzene rings is 1. The molecule has 1 aliphatic heterocycles. The van der Waals surface area contributed by atoms with Crippen LogP contribution < -0.4 is 10.7 Å². The Morgan fingerprint density at radius 1 is 1.38 bits per heavy atom. The molecule has 1 aliphatic carbocycles. The maximum Gasteiger partial charge on any atom is 0.344 e. The van der Waals surface area contributed by atoms with Gasteiger partial charge in [-0.1, -0.05) is 22.9 Å². The van der Waals surface area contributed by atoms with Gasteiger partial charge in [0.1, 0.15) is 11.4 Å². The number of hydrazine groups is 1. The van der Waals surface area contributed by atoms with Crippen LogP contribution >= 0.6 is 15.9 Å². The molecule has 6 nitrogen and oxygen atoms in total. The van der Waals surface area contributed by atoms with Crippen molar-refractivity contribution >= 4 is 33.8 Å². The summed E-state index contributed by atoms with van der Waals surface area (Å²) in [6, 6.07) is 3.20. The molecule has 1 heterocycles. The monoisotopic (exact) mass is 397 g/mol. The van der Waals surface area contributed by atoms with Gasteiger partial charge in [-0.15, -0.1) is 0 Å². The topological polar surface area (TPSA) is 78.5 Å². The zero-order valence-corrected chi connectivity index (χ0v) is 14.7. The van der Waals surface area contributed by atoms with E-state index in [-0.39, 0.29) is 5.56 Å². The maximum absolute atomic E-state index is 13.8. The van der Waals surface area contributed by atoms with E-state index >= 15 is 0 Å². The Balaban J connectivity index is 1.78. The number of nitrogens with one attached hydrogen (secondary N) is 2. The molecule has 4 amide bonds. The lowest BCUT2D eigenvalue weighted by molar-refractivity contribution is -0.134. The molecule has 2 N–H and O–H groups in total. The van der Waals surface area contributed by atoms with Crippen LogP contribution in [0, 0.1) is 11.7 Å². The first-order chi connectivity index (χ1) is 11.3. The van der Waals surface area contributed by atoms with Gasteiger partial charge in [-0.25, -0.2) is 9.18 Å². The van der Waals surface area contributed by atoms with Crippen LogP contribution in [0.1, 0.15) is 43.0 Å². The van der Waals surface area contributed by atoms with E-state index in [0.717, 1.165) is 18.9 Å². The van der Waals surface area contributed by atoms with Gasteiger partial charge in [0.15, 0.2) is 0 Å². The van der Waals surface area contributed by atoms with Crippen molar-refractivity contribution in [2.45, 2.75) is 38.1 Å². The third-order valence-electron chi connectivity index (χ3n) is 4.68. The van der Waals surface area contributed by atoms with Gasteiger partial charge < -0.3 is 5.32 Å².